The predicted octanol–water partition coefficient (Wildman–Crippen LogP) is 2.86. The molecule has 0 aromatic heterocycles. The summed E-state index contributed by atoms with van der Waals surface area (Å²) < 4.78 is 22.1. The van der Waals surface area contributed by atoms with Crippen LogP contribution in [0.1, 0.15) is 24.1 Å². The Hall–Kier alpha value is -3.56. The average Bonchev–Trinajstić information content (AvgIpc) is 3.16. The second-order valence-electron chi connectivity index (χ2n) is 8.49. The van der Waals surface area contributed by atoms with Crippen molar-refractivity contribution in [2.45, 2.75) is 13.0 Å². The van der Waals surface area contributed by atoms with Crippen LogP contribution in [-0.2, 0) is 14.3 Å². The summed E-state index contributed by atoms with van der Waals surface area (Å²) in [5.74, 6) is -0.256. The number of aliphatic hydroxyl groups excluding tert-OH is 1. The van der Waals surface area contributed by atoms with E-state index in [1.807, 2.05) is 6.92 Å². The number of likely N-dealkylation sites (tertiary alicyclic amines) is 1. The van der Waals surface area contributed by atoms with Crippen molar-refractivity contribution < 1.29 is 33.6 Å². The Morgan fingerprint density at radius 1 is 1.06 bits per heavy atom. The lowest BCUT2D eigenvalue weighted by atomic mass is 9.94. The molecule has 1 unspecified atom stereocenters. The molecule has 192 valence electrons. The summed E-state index contributed by atoms with van der Waals surface area (Å²) in [5, 5.41) is 11.4. The number of aliphatic hydroxyl groups is 1. The van der Waals surface area contributed by atoms with Crippen molar-refractivity contribution in [1.82, 2.24) is 9.80 Å². The Kier molecular flexibility index (Phi) is 8.12. The second kappa shape index (κ2) is 11.5. The van der Waals surface area contributed by atoms with E-state index >= 15 is 0 Å². The molecular weight excluding hydrogens is 464 g/mol. The van der Waals surface area contributed by atoms with E-state index in [1.165, 1.54) is 19.1 Å². The monoisotopic (exact) mass is 496 g/mol. The van der Waals surface area contributed by atoms with Crippen LogP contribution in [0, 0.1) is 0 Å². The van der Waals surface area contributed by atoms with Crippen LogP contribution in [0.3, 0.4) is 0 Å². The number of ether oxygens (including phenoxy) is 4. The van der Waals surface area contributed by atoms with Gasteiger partial charge in [-0.05, 0) is 25.1 Å². The van der Waals surface area contributed by atoms with E-state index in [1.54, 1.807) is 42.5 Å². The van der Waals surface area contributed by atoms with Crippen LogP contribution < -0.4 is 14.2 Å². The first-order valence-corrected chi connectivity index (χ1v) is 12.0. The molecule has 4 rings (SSSR count). The molecule has 9 nitrogen and oxygen atoms in total. The van der Waals surface area contributed by atoms with Gasteiger partial charge in [0, 0.05) is 37.3 Å². The number of carbonyl (C=O) groups excluding carboxylic acids is 2. The standard InChI is InChI=1S/C27H32N2O7/c1-4-36-19-8-5-7-18(17-19)24(30)22-23(20-9-6-10-21(33-2)26(20)34-3)29(27(32)25(22)31)12-11-28-13-15-35-16-14-28/h5-10,17,23,30H,4,11-16H2,1-3H3/b24-22+. The van der Waals surface area contributed by atoms with Crippen LogP contribution in [0.2, 0.25) is 0 Å². The van der Waals surface area contributed by atoms with Crippen molar-refractivity contribution in [3.63, 3.8) is 0 Å². The molecule has 2 saturated heterocycles. The highest BCUT2D eigenvalue weighted by molar-refractivity contribution is 6.46. The van der Waals surface area contributed by atoms with Gasteiger partial charge in [-0.15, -0.1) is 0 Å². The van der Waals surface area contributed by atoms with E-state index in [9.17, 15) is 14.7 Å². The Morgan fingerprint density at radius 2 is 1.81 bits per heavy atom. The summed E-state index contributed by atoms with van der Waals surface area (Å²) in [4.78, 5) is 30.4. The summed E-state index contributed by atoms with van der Waals surface area (Å²) in [6, 6.07) is 11.3. The first-order valence-electron chi connectivity index (χ1n) is 12.0. The van der Waals surface area contributed by atoms with Gasteiger partial charge in [-0.1, -0.05) is 24.3 Å². The summed E-state index contributed by atoms with van der Waals surface area (Å²) in [5.41, 5.74) is 0.946. The van der Waals surface area contributed by atoms with Gasteiger partial charge in [0.05, 0.1) is 45.7 Å². The Balaban J connectivity index is 1.82. The number of nitrogens with zero attached hydrogens (tertiary/aromatic N) is 2. The number of amides is 1. The minimum Gasteiger partial charge on any atom is -0.507 e. The minimum atomic E-state index is -0.855. The Bertz CT molecular complexity index is 1140. The van der Waals surface area contributed by atoms with Gasteiger partial charge < -0.3 is 29.0 Å². The summed E-state index contributed by atoms with van der Waals surface area (Å²) in [6.45, 7) is 5.94. The number of rotatable bonds is 9. The number of methoxy groups -OCH3 is 2. The molecule has 2 aliphatic heterocycles. The van der Waals surface area contributed by atoms with Crippen LogP contribution in [0.25, 0.3) is 5.76 Å². The van der Waals surface area contributed by atoms with Crippen LogP contribution in [0.5, 0.6) is 17.2 Å². The second-order valence-corrected chi connectivity index (χ2v) is 8.49. The number of hydrogen-bond donors (Lipinski definition) is 1. The van der Waals surface area contributed by atoms with E-state index in [2.05, 4.69) is 4.90 Å². The topological polar surface area (TPSA) is 97.8 Å². The van der Waals surface area contributed by atoms with Gasteiger partial charge in [0.2, 0.25) is 0 Å². The number of hydrogen-bond acceptors (Lipinski definition) is 8. The number of morpholine rings is 1. The largest absolute Gasteiger partial charge is 0.507 e. The molecule has 2 aromatic rings. The lowest BCUT2D eigenvalue weighted by molar-refractivity contribution is -0.140. The zero-order chi connectivity index (χ0) is 25.7. The first-order chi connectivity index (χ1) is 17.5. The van der Waals surface area contributed by atoms with Crippen molar-refractivity contribution in [1.29, 1.82) is 0 Å². The van der Waals surface area contributed by atoms with Crippen molar-refractivity contribution in [2.24, 2.45) is 0 Å². The summed E-state index contributed by atoms with van der Waals surface area (Å²) in [6.07, 6.45) is 0. The van der Waals surface area contributed by atoms with Gasteiger partial charge in [-0.25, -0.2) is 0 Å². The van der Waals surface area contributed by atoms with Crippen molar-refractivity contribution >= 4 is 17.4 Å². The van der Waals surface area contributed by atoms with E-state index in [4.69, 9.17) is 18.9 Å². The molecule has 9 heteroatoms. The number of Topliss-reactive ketones (excluding diaryl/α,β-unsaturated/α-hetero) is 1. The molecular formula is C27H32N2O7. The first kappa shape index (κ1) is 25.5. The summed E-state index contributed by atoms with van der Waals surface area (Å²) >= 11 is 0. The van der Waals surface area contributed by atoms with E-state index < -0.39 is 17.7 Å². The fourth-order valence-corrected chi connectivity index (χ4v) is 4.69. The fraction of sp³-hybridized carbons (Fsp3) is 0.407. The Morgan fingerprint density at radius 3 is 2.50 bits per heavy atom. The quantitative estimate of drug-likeness (QED) is 0.322. The molecule has 2 fully saturated rings. The SMILES string of the molecule is CCOc1cccc(/C(O)=C2\C(=O)C(=O)N(CCN3CCOCC3)C2c2cccc(OC)c2OC)c1. The highest BCUT2D eigenvalue weighted by atomic mass is 16.5. The molecule has 36 heavy (non-hydrogen) atoms. The van der Waals surface area contributed by atoms with E-state index in [-0.39, 0.29) is 11.3 Å². The summed E-state index contributed by atoms with van der Waals surface area (Å²) in [7, 11) is 3.03. The normalized spacial score (nSPS) is 20.0. The minimum absolute atomic E-state index is 0.00202. The highest BCUT2D eigenvalue weighted by Crippen LogP contribution is 2.45. The van der Waals surface area contributed by atoms with Gasteiger partial charge in [-0.2, -0.15) is 0 Å². The fourth-order valence-electron chi connectivity index (χ4n) is 4.69. The number of carbonyl (C=O) groups is 2. The smallest absolute Gasteiger partial charge is 0.295 e. The van der Waals surface area contributed by atoms with E-state index in [0.29, 0.717) is 61.3 Å². The molecule has 0 saturated carbocycles. The van der Waals surface area contributed by atoms with Gasteiger partial charge in [0.1, 0.15) is 11.5 Å². The highest BCUT2D eigenvalue weighted by Gasteiger charge is 2.47. The van der Waals surface area contributed by atoms with Crippen LogP contribution in [-0.4, -0.2) is 86.8 Å². The van der Waals surface area contributed by atoms with Crippen molar-refractivity contribution in [3.8, 4) is 17.2 Å². The predicted molar refractivity (Wildman–Crippen MR) is 133 cm³/mol. The third-order valence-corrected chi connectivity index (χ3v) is 6.45. The third kappa shape index (κ3) is 5.03. The molecule has 0 aliphatic carbocycles. The lowest BCUT2D eigenvalue weighted by Gasteiger charge is -2.31. The van der Waals surface area contributed by atoms with E-state index in [0.717, 1.165) is 13.1 Å². The van der Waals surface area contributed by atoms with Gasteiger partial charge >= 0.3 is 0 Å². The molecule has 1 N–H and O–H groups in total. The molecule has 1 atom stereocenters. The maximum Gasteiger partial charge on any atom is 0.295 e. The average molecular weight is 497 g/mol. The maximum absolute atomic E-state index is 13.4. The third-order valence-electron chi connectivity index (χ3n) is 6.45. The molecule has 0 spiro atoms. The molecule has 0 radical (unpaired) electrons. The van der Waals surface area contributed by atoms with Crippen LogP contribution in [0.4, 0.5) is 0 Å². The molecule has 2 heterocycles. The maximum atomic E-state index is 13.4. The number of benzene rings is 2. The van der Waals surface area contributed by atoms with Crippen LogP contribution in [0.15, 0.2) is 48.0 Å². The molecule has 2 aromatic carbocycles. The zero-order valence-corrected chi connectivity index (χ0v) is 20.9. The van der Waals surface area contributed by atoms with Gasteiger partial charge in [-0.3, -0.25) is 14.5 Å². The van der Waals surface area contributed by atoms with Crippen molar-refractivity contribution in [3.05, 3.63) is 59.2 Å². The van der Waals surface area contributed by atoms with Crippen molar-refractivity contribution in [2.75, 3.05) is 60.2 Å². The number of para-hydroxylation sites is 1. The number of ketones is 1. The molecule has 1 amide bonds. The van der Waals surface area contributed by atoms with Crippen LogP contribution >= 0.6 is 0 Å². The Labute approximate surface area is 210 Å². The molecule has 2 aliphatic rings. The molecule has 0 bridgehead atoms. The zero-order valence-electron chi connectivity index (χ0n) is 20.9. The lowest BCUT2D eigenvalue weighted by Crippen LogP contribution is -2.42. The van der Waals surface area contributed by atoms with Gasteiger partial charge in [0.25, 0.3) is 11.7 Å². The van der Waals surface area contributed by atoms with Gasteiger partial charge in [0.15, 0.2) is 11.5 Å².